The van der Waals surface area contributed by atoms with Crippen LogP contribution in [0.2, 0.25) is 0 Å². The first kappa shape index (κ1) is 11.2. The molecular formula is C9H10ClF2NO. The molecule has 1 heterocycles. The predicted octanol–water partition coefficient (Wildman–Crippen LogP) is 2.77. The number of pyridine rings is 1. The maximum Gasteiger partial charge on any atom is 0.272 e. The molecule has 0 aromatic carbocycles. The number of aryl methyl sites for hydroxylation is 1. The molecule has 78 valence electrons. The first-order chi connectivity index (χ1) is 6.63. The molecule has 0 aliphatic heterocycles. The van der Waals surface area contributed by atoms with Crippen molar-refractivity contribution in [3.8, 4) is 5.75 Å². The van der Waals surface area contributed by atoms with Gasteiger partial charge in [-0.25, -0.2) is 8.78 Å². The summed E-state index contributed by atoms with van der Waals surface area (Å²) in [5.41, 5.74) is 1.28. The van der Waals surface area contributed by atoms with Gasteiger partial charge in [-0.1, -0.05) is 0 Å². The van der Waals surface area contributed by atoms with Crippen LogP contribution in [0, 0.1) is 6.92 Å². The summed E-state index contributed by atoms with van der Waals surface area (Å²) in [5.74, 6) is 0.478. The van der Waals surface area contributed by atoms with Gasteiger partial charge in [-0.2, -0.15) is 0 Å². The van der Waals surface area contributed by atoms with E-state index in [1.165, 1.54) is 0 Å². The average molecular weight is 222 g/mol. The fourth-order valence-corrected chi connectivity index (χ4v) is 1.17. The third-order valence-corrected chi connectivity index (χ3v) is 1.82. The second kappa shape index (κ2) is 5.10. The standard InChI is InChI=1S/C9H10ClF2NO/c1-6-2-3-8(7(4-10)13-6)14-5-9(11)12/h2-3,9H,4-5H2,1H3. The molecule has 0 radical (unpaired) electrons. The van der Waals surface area contributed by atoms with Crippen molar-refractivity contribution in [2.24, 2.45) is 0 Å². The van der Waals surface area contributed by atoms with Crippen LogP contribution >= 0.6 is 11.6 Å². The highest BCUT2D eigenvalue weighted by Gasteiger charge is 2.08. The lowest BCUT2D eigenvalue weighted by Crippen LogP contribution is -2.08. The van der Waals surface area contributed by atoms with Crippen molar-refractivity contribution in [3.05, 3.63) is 23.5 Å². The smallest absolute Gasteiger partial charge is 0.272 e. The molecule has 1 rings (SSSR count). The zero-order valence-corrected chi connectivity index (χ0v) is 8.39. The number of halogens is 3. The fraction of sp³-hybridized carbons (Fsp3) is 0.444. The molecule has 1 aromatic heterocycles. The minimum atomic E-state index is -2.49. The molecule has 0 N–H and O–H groups in total. The summed E-state index contributed by atoms with van der Waals surface area (Å²) in [5, 5.41) is 0. The number of rotatable bonds is 4. The van der Waals surface area contributed by atoms with Crippen molar-refractivity contribution in [1.29, 1.82) is 0 Å². The Morgan fingerprint density at radius 1 is 1.50 bits per heavy atom. The third kappa shape index (κ3) is 3.10. The molecule has 0 fully saturated rings. The number of nitrogens with zero attached hydrogens (tertiary/aromatic N) is 1. The molecule has 0 saturated carbocycles. The maximum atomic E-state index is 11.9. The lowest BCUT2D eigenvalue weighted by molar-refractivity contribution is 0.0813. The topological polar surface area (TPSA) is 22.1 Å². The molecule has 0 spiro atoms. The molecule has 0 atom stereocenters. The molecular weight excluding hydrogens is 212 g/mol. The second-order valence-corrected chi connectivity index (χ2v) is 3.00. The van der Waals surface area contributed by atoms with Crippen LogP contribution in [-0.4, -0.2) is 18.0 Å². The largest absolute Gasteiger partial charge is 0.486 e. The summed E-state index contributed by atoms with van der Waals surface area (Å²) in [6.07, 6.45) is -2.49. The maximum absolute atomic E-state index is 11.9. The predicted molar refractivity (Wildman–Crippen MR) is 50.0 cm³/mol. The summed E-state index contributed by atoms with van der Waals surface area (Å²) in [6, 6.07) is 3.29. The first-order valence-corrected chi connectivity index (χ1v) is 4.60. The van der Waals surface area contributed by atoms with Gasteiger partial charge in [0.05, 0.1) is 11.6 Å². The minimum Gasteiger partial charge on any atom is -0.486 e. The van der Waals surface area contributed by atoms with Gasteiger partial charge < -0.3 is 4.74 Å². The van der Waals surface area contributed by atoms with Gasteiger partial charge in [-0.05, 0) is 19.1 Å². The highest BCUT2D eigenvalue weighted by molar-refractivity contribution is 6.17. The normalized spacial score (nSPS) is 10.6. The van der Waals surface area contributed by atoms with Crippen LogP contribution in [0.15, 0.2) is 12.1 Å². The molecule has 1 aromatic rings. The highest BCUT2D eigenvalue weighted by atomic mass is 35.5. The Hall–Kier alpha value is -0.900. The molecule has 14 heavy (non-hydrogen) atoms. The molecule has 5 heteroatoms. The lowest BCUT2D eigenvalue weighted by atomic mass is 10.3. The summed E-state index contributed by atoms with van der Waals surface area (Å²) in [7, 11) is 0. The minimum absolute atomic E-state index is 0.153. The van der Waals surface area contributed by atoms with Crippen LogP contribution in [0.4, 0.5) is 8.78 Å². The Kier molecular flexibility index (Phi) is 4.07. The van der Waals surface area contributed by atoms with Crippen molar-refractivity contribution in [2.75, 3.05) is 6.61 Å². The van der Waals surface area contributed by atoms with E-state index in [0.29, 0.717) is 11.4 Å². The van der Waals surface area contributed by atoms with Gasteiger partial charge >= 0.3 is 0 Å². The van der Waals surface area contributed by atoms with Gasteiger partial charge in [0.15, 0.2) is 0 Å². The van der Waals surface area contributed by atoms with Crippen molar-refractivity contribution in [1.82, 2.24) is 4.98 Å². The summed E-state index contributed by atoms with van der Waals surface area (Å²) in [4.78, 5) is 4.07. The molecule has 0 unspecified atom stereocenters. The molecule has 0 aliphatic carbocycles. The Balaban J connectivity index is 2.75. The van der Waals surface area contributed by atoms with E-state index in [9.17, 15) is 8.78 Å². The van der Waals surface area contributed by atoms with Gasteiger partial charge in [0.2, 0.25) is 0 Å². The van der Waals surface area contributed by atoms with E-state index in [-0.39, 0.29) is 5.88 Å². The molecule has 0 amide bonds. The van der Waals surface area contributed by atoms with Gasteiger partial charge in [0.25, 0.3) is 6.43 Å². The summed E-state index contributed by atoms with van der Waals surface area (Å²) in [6.45, 7) is 1.17. The van der Waals surface area contributed by atoms with E-state index < -0.39 is 13.0 Å². The number of alkyl halides is 3. The Morgan fingerprint density at radius 3 is 2.79 bits per heavy atom. The fourth-order valence-electron chi connectivity index (χ4n) is 0.978. The van der Waals surface area contributed by atoms with E-state index in [2.05, 4.69) is 4.98 Å². The quantitative estimate of drug-likeness (QED) is 0.730. The van der Waals surface area contributed by atoms with Crippen LogP contribution < -0.4 is 4.74 Å². The molecule has 0 bridgehead atoms. The monoisotopic (exact) mass is 221 g/mol. The van der Waals surface area contributed by atoms with Crippen molar-refractivity contribution >= 4 is 11.6 Å². The van der Waals surface area contributed by atoms with Gasteiger partial charge in [-0.15, -0.1) is 11.6 Å². The zero-order chi connectivity index (χ0) is 10.6. The first-order valence-electron chi connectivity index (χ1n) is 4.07. The van der Waals surface area contributed by atoms with Crippen LogP contribution in [0.5, 0.6) is 5.75 Å². The summed E-state index contributed by atoms with van der Waals surface area (Å²) >= 11 is 5.59. The Labute approximate surface area is 85.9 Å². The van der Waals surface area contributed by atoms with Gasteiger partial charge in [0, 0.05) is 5.69 Å². The third-order valence-electron chi connectivity index (χ3n) is 1.56. The van der Waals surface area contributed by atoms with Crippen molar-refractivity contribution < 1.29 is 13.5 Å². The van der Waals surface area contributed by atoms with Gasteiger partial charge in [0.1, 0.15) is 12.4 Å². The number of ether oxygens (including phenoxy) is 1. The van der Waals surface area contributed by atoms with Gasteiger partial charge in [-0.3, -0.25) is 4.98 Å². The van der Waals surface area contributed by atoms with Crippen LogP contribution in [0.3, 0.4) is 0 Å². The molecule has 0 saturated heterocycles. The lowest BCUT2D eigenvalue weighted by Gasteiger charge is -2.08. The van der Waals surface area contributed by atoms with Crippen LogP contribution in [0.25, 0.3) is 0 Å². The van der Waals surface area contributed by atoms with E-state index in [0.717, 1.165) is 5.69 Å². The number of hydrogen-bond acceptors (Lipinski definition) is 2. The number of aromatic nitrogens is 1. The van der Waals surface area contributed by atoms with Crippen molar-refractivity contribution in [3.63, 3.8) is 0 Å². The van der Waals surface area contributed by atoms with E-state index in [1.54, 1.807) is 19.1 Å². The molecule has 0 aliphatic rings. The Morgan fingerprint density at radius 2 is 2.21 bits per heavy atom. The summed E-state index contributed by atoms with van der Waals surface area (Å²) < 4.78 is 28.6. The van der Waals surface area contributed by atoms with Crippen LogP contribution in [0.1, 0.15) is 11.4 Å². The van der Waals surface area contributed by atoms with E-state index in [4.69, 9.17) is 16.3 Å². The second-order valence-electron chi connectivity index (χ2n) is 2.73. The van der Waals surface area contributed by atoms with E-state index >= 15 is 0 Å². The zero-order valence-electron chi connectivity index (χ0n) is 7.64. The SMILES string of the molecule is Cc1ccc(OCC(F)F)c(CCl)n1. The number of hydrogen-bond donors (Lipinski definition) is 0. The molecule has 2 nitrogen and oxygen atoms in total. The van der Waals surface area contributed by atoms with Crippen molar-refractivity contribution in [2.45, 2.75) is 19.2 Å². The van der Waals surface area contributed by atoms with E-state index in [1.807, 2.05) is 0 Å². The highest BCUT2D eigenvalue weighted by Crippen LogP contribution is 2.19. The average Bonchev–Trinajstić information content (AvgIpc) is 2.15. The van der Waals surface area contributed by atoms with Crippen LogP contribution in [-0.2, 0) is 5.88 Å². The Bertz CT molecular complexity index is 307.